The van der Waals surface area contributed by atoms with Crippen LogP contribution in [0.5, 0.6) is 0 Å². The van der Waals surface area contributed by atoms with Gasteiger partial charge in [-0.25, -0.2) is 0 Å². The van der Waals surface area contributed by atoms with Crippen molar-refractivity contribution in [3.8, 4) is 0 Å². The van der Waals surface area contributed by atoms with Crippen molar-refractivity contribution in [2.45, 2.75) is 65.5 Å². The topological polar surface area (TPSA) is 38.0 Å². The fraction of sp³-hybridized carbons (Fsp3) is 1.00. The molecule has 90 valence electrons. The van der Waals surface area contributed by atoms with E-state index in [4.69, 9.17) is 5.73 Å². The van der Waals surface area contributed by atoms with Crippen molar-refractivity contribution in [3.05, 3.63) is 0 Å². The molecule has 1 fully saturated rings. The van der Waals surface area contributed by atoms with Crippen molar-refractivity contribution < 1.29 is 0 Å². The van der Waals surface area contributed by atoms with Crippen LogP contribution in [0.25, 0.3) is 0 Å². The molecule has 1 aliphatic rings. The lowest BCUT2D eigenvalue weighted by molar-refractivity contribution is 0.298. The van der Waals surface area contributed by atoms with Crippen LogP contribution >= 0.6 is 0 Å². The first kappa shape index (κ1) is 13.0. The van der Waals surface area contributed by atoms with Crippen LogP contribution < -0.4 is 11.1 Å². The molecule has 3 N–H and O–H groups in total. The van der Waals surface area contributed by atoms with Gasteiger partial charge in [0.2, 0.25) is 0 Å². The van der Waals surface area contributed by atoms with Gasteiger partial charge >= 0.3 is 0 Å². The molecule has 3 atom stereocenters. The summed E-state index contributed by atoms with van der Waals surface area (Å²) in [5.41, 5.74) is 6.36. The summed E-state index contributed by atoms with van der Waals surface area (Å²) in [4.78, 5) is 0. The van der Waals surface area contributed by atoms with E-state index < -0.39 is 0 Å². The van der Waals surface area contributed by atoms with Crippen LogP contribution in [0.2, 0.25) is 0 Å². The molecule has 3 unspecified atom stereocenters. The van der Waals surface area contributed by atoms with Gasteiger partial charge in [0.25, 0.3) is 0 Å². The maximum atomic E-state index is 6.12. The van der Waals surface area contributed by atoms with Crippen LogP contribution in [0, 0.1) is 11.3 Å². The Morgan fingerprint density at radius 1 is 1.33 bits per heavy atom. The van der Waals surface area contributed by atoms with Crippen LogP contribution in [-0.4, -0.2) is 18.6 Å². The quantitative estimate of drug-likeness (QED) is 0.751. The Bertz CT molecular complexity index is 183. The van der Waals surface area contributed by atoms with Gasteiger partial charge in [-0.15, -0.1) is 0 Å². The standard InChI is InChI=1S/C13H28N2/c1-10-5-6-11(9-10)15-8-7-12(14)13(2,3)4/h10-12,15H,5-9,14H2,1-4H3. The van der Waals surface area contributed by atoms with E-state index >= 15 is 0 Å². The molecule has 0 aromatic carbocycles. The molecule has 1 saturated carbocycles. The van der Waals surface area contributed by atoms with Crippen molar-refractivity contribution in [2.75, 3.05) is 6.54 Å². The summed E-state index contributed by atoms with van der Waals surface area (Å²) in [7, 11) is 0. The van der Waals surface area contributed by atoms with E-state index in [2.05, 4.69) is 33.0 Å². The monoisotopic (exact) mass is 212 g/mol. The van der Waals surface area contributed by atoms with Crippen molar-refractivity contribution >= 4 is 0 Å². The Balaban J connectivity index is 2.11. The zero-order valence-corrected chi connectivity index (χ0v) is 10.8. The third kappa shape index (κ3) is 4.52. The average Bonchev–Trinajstić information content (AvgIpc) is 2.49. The molecule has 2 heteroatoms. The molecule has 0 aliphatic heterocycles. The highest BCUT2D eigenvalue weighted by Crippen LogP contribution is 2.25. The first-order valence-electron chi connectivity index (χ1n) is 6.38. The van der Waals surface area contributed by atoms with Crippen LogP contribution in [0.3, 0.4) is 0 Å². The van der Waals surface area contributed by atoms with E-state index in [1.54, 1.807) is 0 Å². The molecular formula is C13H28N2. The Morgan fingerprint density at radius 3 is 2.47 bits per heavy atom. The molecule has 0 amide bonds. The molecule has 1 aliphatic carbocycles. The van der Waals surface area contributed by atoms with Gasteiger partial charge < -0.3 is 11.1 Å². The summed E-state index contributed by atoms with van der Waals surface area (Å²) in [6.45, 7) is 10.1. The lowest BCUT2D eigenvalue weighted by Crippen LogP contribution is -2.39. The van der Waals surface area contributed by atoms with Crippen molar-refractivity contribution in [1.29, 1.82) is 0 Å². The van der Waals surface area contributed by atoms with Crippen LogP contribution in [0.1, 0.15) is 53.4 Å². The number of hydrogen-bond acceptors (Lipinski definition) is 2. The lowest BCUT2D eigenvalue weighted by Gasteiger charge is -2.27. The number of hydrogen-bond donors (Lipinski definition) is 2. The second kappa shape index (κ2) is 5.31. The molecule has 15 heavy (non-hydrogen) atoms. The molecule has 0 bridgehead atoms. The van der Waals surface area contributed by atoms with Crippen molar-refractivity contribution in [1.82, 2.24) is 5.32 Å². The van der Waals surface area contributed by atoms with Gasteiger partial charge in [0.15, 0.2) is 0 Å². The smallest absolute Gasteiger partial charge is 0.00997 e. The zero-order valence-electron chi connectivity index (χ0n) is 10.8. The minimum absolute atomic E-state index is 0.241. The van der Waals surface area contributed by atoms with Crippen LogP contribution in [-0.2, 0) is 0 Å². The van der Waals surface area contributed by atoms with Gasteiger partial charge in [0, 0.05) is 12.1 Å². The Kier molecular flexibility index (Phi) is 4.60. The summed E-state index contributed by atoms with van der Waals surface area (Å²) < 4.78 is 0. The van der Waals surface area contributed by atoms with Gasteiger partial charge in [0.1, 0.15) is 0 Å². The van der Waals surface area contributed by atoms with Crippen LogP contribution in [0.4, 0.5) is 0 Å². The second-order valence-electron chi connectivity index (χ2n) is 6.33. The fourth-order valence-corrected chi connectivity index (χ4v) is 2.27. The molecule has 0 aromatic heterocycles. The van der Waals surface area contributed by atoms with Crippen LogP contribution in [0.15, 0.2) is 0 Å². The Hall–Kier alpha value is -0.0800. The van der Waals surface area contributed by atoms with Gasteiger partial charge in [-0.3, -0.25) is 0 Å². The predicted molar refractivity (Wildman–Crippen MR) is 66.9 cm³/mol. The zero-order chi connectivity index (χ0) is 11.5. The minimum Gasteiger partial charge on any atom is -0.327 e. The SMILES string of the molecule is CC1CCC(NCCC(N)C(C)(C)C)C1. The van der Waals surface area contributed by atoms with Gasteiger partial charge in [-0.05, 0) is 43.6 Å². The molecule has 0 radical (unpaired) electrons. The summed E-state index contributed by atoms with van der Waals surface area (Å²) in [5, 5.41) is 3.64. The number of nitrogens with two attached hydrogens (primary N) is 1. The molecular weight excluding hydrogens is 184 g/mol. The minimum atomic E-state index is 0.241. The summed E-state index contributed by atoms with van der Waals surface area (Å²) in [6, 6.07) is 1.07. The van der Waals surface area contributed by atoms with Gasteiger partial charge in [-0.1, -0.05) is 27.7 Å². The summed E-state index contributed by atoms with van der Waals surface area (Å²) in [5.74, 6) is 0.916. The lowest BCUT2D eigenvalue weighted by atomic mass is 9.85. The fourth-order valence-electron chi connectivity index (χ4n) is 2.27. The first-order valence-corrected chi connectivity index (χ1v) is 6.38. The van der Waals surface area contributed by atoms with E-state index in [-0.39, 0.29) is 5.41 Å². The van der Waals surface area contributed by atoms with Crippen molar-refractivity contribution in [3.63, 3.8) is 0 Å². The largest absolute Gasteiger partial charge is 0.327 e. The second-order valence-corrected chi connectivity index (χ2v) is 6.33. The van der Waals surface area contributed by atoms with Crippen molar-refractivity contribution in [2.24, 2.45) is 17.1 Å². The first-order chi connectivity index (χ1) is 6.89. The van der Waals surface area contributed by atoms with E-state index in [0.717, 1.165) is 24.9 Å². The third-order valence-corrected chi connectivity index (χ3v) is 3.70. The predicted octanol–water partition coefficient (Wildman–Crippen LogP) is 2.53. The summed E-state index contributed by atoms with van der Waals surface area (Å²) in [6.07, 6.45) is 5.19. The van der Waals surface area contributed by atoms with Gasteiger partial charge in [0.05, 0.1) is 0 Å². The number of nitrogens with one attached hydrogen (secondary N) is 1. The Morgan fingerprint density at radius 2 is 2.00 bits per heavy atom. The van der Waals surface area contributed by atoms with E-state index in [1.165, 1.54) is 19.3 Å². The third-order valence-electron chi connectivity index (χ3n) is 3.70. The molecule has 0 aromatic rings. The van der Waals surface area contributed by atoms with E-state index in [9.17, 15) is 0 Å². The molecule has 0 heterocycles. The average molecular weight is 212 g/mol. The highest BCUT2D eigenvalue weighted by Gasteiger charge is 2.22. The molecule has 2 nitrogen and oxygen atoms in total. The maximum absolute atomic E-state index is 6.12. The normalized spacial score (nSPS) is 29.4. The summed E-state index contributed by atoms with van der Waals surface area (Å²) >= 11 is 0. The van der Waals surface area contributed by atoms with E-state index in [0.29, 0.717) is 6.04 Å². The Labute approximate surface area is 95.0 Å². The highest BCUT2D eigenvalue weighted by molar-refractivity contribution is 4.81. The molecule has 0 spiro atoms. The molecule has 1 rings (SSSR count). The number of rotatable bonds is 4. The van der Waals surface area contributed by atoms with Gasteiger partial charge in [-0.2, -0.15) is 0 Å². The highest BCUT2D eigenvalue weighted by atomic mass is 14.9. The molecule has 0 saturated heterocycles. The van der Waals surface area contributed by atoms with E-state index in [1.807, 2.05) is 0 Å². The maximum Gasteiger partial charge on any atom is 0.00997 e.